The number of carbonyl (C=O) groups excluding carboxylic acids is 1. The molecule has 1 unspecified atom stereocenters. The Bertz CT molecular complexity index is 258. The van der Waals surface area contributed by atoms with Crippen molar-refractivity contribution in [3.05, 3.63) is 0 Å². The monoisotopic (exact) mass is 208 g/mol. The maximum atomic E-state index is 11.0. The van der Waals surface area contributed by atoms with Crippen LogP contribution in [0.1, 0.15) is 0 Å². The lowest BCUT2D eigenvalue weighted by atomic mass is 10.3. The summed E-state index contributed by atoms with van der Waals surface area (Å²) in [6, 6.07) is -0.182. The Balaban J connectivity index is 2.41. The minimum atomic E-state index is -3.70. The Morgan fingerprint density at radius 3 is 2.77 bits per heavy atom. The molecule has 2 N–H and O–H groups in total. The normalized spacial score (nSPS) is 23.8. The zero-order chi connectivity index (χ0) is 9.73. The highest BCUT2D eigenvalue weighted by Crippen LogP contribution is 1.96. The molecule has 1 heterocycles. The van der Waals surface area contributed by atoms with Gasteiger partial charge in [0.25, 0.3) is 0 Å². The third-order valence-corrected chi connectivity index (χ3v) is 2.90. The molecule has 6 nitrogen and oxygen atoms in total. The Hall–Kier alpha value is -0.660. The van der Waals surface area contributed by atoms with Gasteiger partial charge in [-0.15, -0.1) is 0 Å². The lowest BCUT2D eigenvalue weighted by Crippen LogP contribution is -2.51. The summed E-state index contributed by atoms with van der Waals surface area (Å²) in [5.74, 6) is -0.182. The van der Waals surface area contributed by atoms with Gasteiger partial charge in [-0.25, -0.2) is 0 Å². The van der Waals surface area contributed by atoms with Crippen LogP contribution >= 0.6 is 0 Å². The van der Waals surface area contributed by atoms with E-state index >= 15 is 0 Å². The Morgan fingerprint density at radius 1 is 1.46 bits per heavy atom. The van der Waals surface area contributed by atoms with E-state index in [4.69, 9.17) is 0 Å². The summed E-state index contributed by atoms with van der Waals surface area (Å²) in [7, 11) is -3.70. The molecule has 76 valence electrons. The predicted molar refractivity (Wildman–Crippen MR) is 45.6 cm³/mol. The molecule has 1 aliphatic heterocycles. The second-order valence-electron chi connectivity index (χ2n) is 2.77. The fourth-order valence-corrected chi connectivity index (χ4v) is 2.10. The molecule has 0 aromatic carbocycles. The number of hydrogen-bond donors (Lipinski definition) is 2. The maximum Gasteiger partial charge on any atom is 0.313 e. The van der Waals surface area contributed by atoms with E-state index < -0.39 is 10.1 Å². The summed E-state index contributed by atoms with van der Waals surface area (Å²) in [5.41, 5.74) is 0. The Kier molecular flexibility index (Phi) is 3.64. The zero-order valence-corrected chi connectivity index (χ0v) is 7.84. The molecule has 7 heteroatoms. The summed E-state index contributed by atoms with van der Waals surface area (Å²) in [5, 5.41) is 6.02. The number of rotatable bonds is 4. The van der Waals surface area contributed by atoms with Crippen LogP contribution in [0.3, 0.4) is 0 Å². The molecule has 0 amide bonds. The molecule has 1 atom stereocenters. The van der Waals surface area contributed by atoms with Gasteiger partial charge in [0.15, 0.2) is 0 Å². The van der Waals surface area contributed by atoms with Crippen molar-refractivity contribution < 1.29 is 17.4 Å². The lowest BCUT2D eigenvalue weighted by Gasteiger charge is -2.23. The van der Waals surface area contributed by atoms with Gasteiger partial charge in [0.2, 0.25) is 0 Å². The first-order valence-electron chi connectivity index (χ1n) is 3.93. The predicted octanol–water partition coefficient (Wildman–Crippen LogP) is -1.95. The Morgan fingerprint density at radius 2 is 2.23 bits per heavy atom. The summed E-state index contributed by atoms with van der Waals surface area (Å²) in [6.07, 6.45) is 0. The molecule has 0 radical (unpaired) electrons. The van der Waals surface area contributed by atoms with E-state index in [9.17, 15) is 13.2 Å². The summed E-state index contributed by atoms with van der Waals surface area (Å²) in [4.78, 5) is 9.82. The van der Waals surface area contributed by atoms with Crippen LogP contribution in [-0.4, -0.2) is 46.3 Å². The van der Waals surface area contributed by atoms with Gasteiger partial charge in [0.1, 0.15) is 5.75 Å². The molecular formula is C6H12N2O4S. The van der Waals surface area contributed by atoms with Crippen molar-refractivity contribution in [2.45, 2.75) is 6.04 Å². The molecule has 0 aromatic heterocycles. The van der Waals surface area contributed by atoms with Crippen molar-refractivity contribution >= 4 is 16.6 Å². The van der Waals surface area contributed by atoms with Gasteiger partial charge in [-0.2, -0.15) is 8.42 Å². The highest BCUT2D eigenvalue weighted by Gasteiger charge is 2.21. The van der Waals surface area contributed by atoms with Crippen molar-refractivity contribution in [1.29, 1.82) is 0 Å². The minimum absolute atomic E-state index is 0.0639. The first-order valence-corrected chi connectivity index (χ1v) is 5.50. The van der Waals surface area contributed by atoms with Crippen molar-refractivity contribution in [2.24, 2.45) is 0 Å². The van der Waals surface area contributed by atoms with Crippen molar-refractivity contribution in [3.8, 4) is 0 Å². The van der Waals surface area contributed by atoms with Gasteiger partial charge >= 0.3 is 16.6 Å². The van der Waals surface area contributed by atoms with Gasteiger partial charge in [-0.1, -0.05) is 0 Å². The van der Waals surface area contributed by atoms with Gasteiger partial charge in [-0.05, 0) is 0 Å². The number of piperazine rings is 1. The van der Waals surface area contributed by atoms with E-state index in [2.05, 4.69) is 14.8 Å². The summed E-state index contributed by atoms with van der Waals surface area (Å²) < 4.78 is 25.9. The fraction of sp³-hybridized carbons (Fsp3) is 0.833. The molecule has 13 heavy (non-hydrogen) atoms. The molecule has 1 aliphatic rings. The first-order chi connectivity index (χ1) is 6.14. The van der Waals surface area contributed by atoms with E-state index in [0.717, 1.165) is 13.1 Å². The highest BCUT2D eigenvalue weighted by atomic mass is 32.2. The molecular weight excluding hydrogens is 196 g/mol. The van der Waals surface area contributed by atoms with E-state index in [1.807, 2.05) is 0 Å². The molecule has 0 saturated carbocycles. The first kappa shape index (κ1) is 10.4. The average Bonchev–Trinajstić information content (AvgIpc) is 2.04. The van der Waals surface area contributed by atoms with Crippen LogP contribution in [0.25, 0.3) is 0 Å². The molecule has 1 saturated heterocycles. The quantitative estimate of drug-likeness (QED) is 0.412. The zero-order valence-electron chi connectivity index (χ0n) is 7.02. The van der Waals surface area contributed by atoms with E-state index in [1.165, 1.54) is 0 Å². The number of nitrogens with one attached hydrogen (secondary N) is 2. The van der Waals surface area contributed by atoms with E-state index in [1.54, 1.807) is 0 Å². The van der Waals surface area contributed by atoms with Crippen LogP contribution < -0.4 is 10.6 Å². The number of hydrogen-bond acceptors (Lipinski definition) is 6. The van der Waals surface area contributed by atoms with Gasteiger partial charge in [0, 0.05) is 25.7 Å². The molecule has 1 fully saturated rings. The van der Waals surface area contributed by atoms with Crippen LogP contribution in [-0.2, 0) is 19.1 Å². The Labute approximate surface area is 76.8 Å². The van der Waals surface area contributed by atoms with Crippen LogP contribution in [0.4, 0.5) is 0 Å². The maximum absolute atomic E-state index is 11.0. The molecule has 0 spiro atoms. The number of carbonyl (C=O) groups is 1. The lowest BCUT2D eigenvalue weighted by molar-refractivity contribution is -0.120. The van der Waals surface area contributed by atoms with Crippen molar-refractivity contribution in [3.63, 3.8) is 0 Å². The van der Waals surface area contributed by atoms with Crippen LogP contribution in [0, 0.1) is 0 Å². The van der Waals surface area contributed by atoms with Gasteiger partial charge < -0.3 is 14.8 Å². The smallest absolute Gasteiger partial charge is 0.313 e. The minimum Gasteiger partial charge on any atom is -0.348 e. The van der Waals surface area contributed by atoms with Crippen molar-refractivity contribution in [1.82, 2.24) is 10.6 Å². The third kappa shape index (κ3) is 3.71. The standard InChI is InChI=1S/C6H12N2O4S/c9-5-12-13(10,11)4-6-3-7-1-2-8-6/h5-8H,1-4H2. The van der Waals surface area contributed by atoms with E-state index in [0.29, 0.717) is 6.54 Å². The average molecular weight is 208 g/mol. The van der Waals surface area contributed by atoms with Gasteiger partial charge in [0.05, 0.1) is 0 Å². The molecule has 0 bridgehead atoms. The SMILES string of the molecule is O=COS(=O)(=O)CC1CNCCN1. The topological polar surface area (TPSA) is 84.5 Å². The summed E-state index contributed by atoms with van der Waals surface area (Å²) in [6.45, 7) is 2.05. The van der Waals surface area contributed by atoms with Crippen LogP contribution in [0.2, 0.25) is 0 Å². The molecule has 0 aliphatic carbocycles. The third-order valence-electron chi connectivity index (χ3n) is 1.72. The second-order valence-corrected chi connectivity index (χ2v) is 4.41. The van der Waals surface area contributed by atoms with Gasteiger partial charge in [-0.3, -0.25) is 4.79 Å². The molecule has 0 aromatic rings. The van der Waals surface area contributed by atoms with Crippen molar-refractivity contribution in [2.75, 3.05) is 25.4 Å². The molecule has 1 rings (SSSR count). The second kappa shape index (κ2) is 4.54. The van der Waals surface area contributed by atoms with Crippen LogP contribution in [0.5, 0.6) is 0 Å². The van der Waals surface area contributed by atoms with Crippen LogP contribution in [0.15, 0.2) is 0 Å². The summed E-state index contributed by atoms with van der Waals surface area (Å²) >= 11 is 0. The largest absolute Gasteiger partial charge is 0.348 e. The van der Waals surface area contributed by atoms with E-state index in [-0.39, 0.29) is 18.3 Å². The highest BCUT2D eigenvalue weighted by molar-refractivity contribution is 7.87. The fourth-order valence-electron chi connectivity index (χ4n) is 1.18.